The van der Waals surface area contributed by atoms with Crippen molar-refractivity contribution in [2.24, 2.45) is 5.73 Å². The van der Waals surface area contributed by atoms with Crippen LogP contribution < -0.4 is 5.73 Å². The van der Waals surface area contributed by atoms with Crippen LogP contribution in [-0.4, -0.2) is 4.98 Å². The fourth-order valence-corrected chi connectivity index (χ4v) is 2.52. The predicted molar refractivity (Wildman–Crippen MR) is 84.4 cm³/mol. The number of nitrogens with two attached hydrogens (primary N) is 1. The second kappa shape index (κ2) is 5.43. The number of aromatic nitrogens is 1. The highest BCUT2D eigenvalue weighted by atomic mass is 14.6. The standard InChI is InChI=1S/C18H18N2/c1-2-18(19)14-8-5-7-13(10-14)17-12-20-11-15-6-3-4-9-16(15)17/h3-12,18H,2,19H2,1H3. The molecule has 3 rings (SSSR count). The van der Waals surface area contributed by atoms with Gasteiger partial charge >= 0.3 is 0 Å². The summed E-state index contributed by atoms with van der Waals surface area (Å²) in [6.07, 6.45) is 4.77. The van der Waals surface area contributed by atoms with Gasteiger partial charge < -0.3 is 5.73 Å². The largest absolute Gasteiger partial charge is 0.324 e. The van der Waals surface area contributed by atoms with E-state index in [1.54, 1.807) is 0 Å². The SMILES string of the molecule is CCC(N)c1cccc(-c2cncc3ccccc23)c1. The quantitative estimate of drug-likeness (QED) is 0.763. The molecular formula is C18H18N2. The van der Waals surface area contributed by atoms with Crippen molar-refractivity contribution in [3.8, 4) is 11.1 Å². The van der Waals surface area contributed by atoms with Crippen molar-refractivity contribution in [2.45, 2.75) is 19.4 Å². The van der Waals surface area contributed by atoms with Crippen LogP contribution in [0.25, 0.3) is 21.9 Å². The molecule has 2 aromatic carbocycles. The van der Waals surface area contributed by atoms with Crippen LogP contribution in [-0.2, 0) is 0 Å². The van der Waals surface area contributed by atoms with Gasteiger partial charge in [-0.1, -0.05) is 49.4 Å². The summed E-state index contributed by atoms with van der Waals surface area (Å²) < 4.78 is 0. The van der Waals surface area contributed by atoms with Crippen molar-refractivity contribution in [1.82, 2.24) is 4.98 Å². The van der Waals surface area contributed by atoms with E-state index in [1.165, 1.54) is 16.5 Å². The Balaban J connectivity index is 2.16. The maximum Gasteiger partial charge on any atom is 0.0352 e. The zero-order chi connectivity index (χ0) is 13.9. The monoisotopic (exact) mass is 262 g/mol. The molecule has 0 amide bonds. The maximum atomic E-state index is 6.14. The van der Waals surface area contributed by atoms with Gasteiger partial charge in [-0.3, -0.25) is 4.98 Å². The van der Waals surface area contributed by atoms with Gasteiger partial charge in [0.15, 0.2) is 0 Å². The van der Waals surface area contributed by atoms with Crippen LogP contribution in [0, 0.1) is 0 Å². The van der Waals surface area contributed by atoms with Crippen molar-refractivity contribution in [2.75, 3.05) is 0 Å². The van der Waals surface area contributed by atoms with E-state index in [1.807, 2.05) is 18.5 Å². The Morgan fingerprint density at radius 1 is 1.05 bits per heavy atom. The minimum Gasteiger partial charge on any atom is -0.324 e. The van der Waals surface area contributed by atoms with E-state index in [0.29, 0.717) is 0 Å². The molecule has 0 spiro atoms. The van der Waals surface area contributed by atoms with Crippen molar-refractivity contribution in [1.29, 1.82) is 0 Å². The van der Waals surface area contributed by atoms with Gasteiger partial charge in [-0.2, -0.15) is 0 Å². The van der Waals surface area contributed by atoms with Crippen molar-refractivity contribution < 1.29 is 0 Å². The molecule has 1 unspecified atom stereocenters. The Morgan fingerprint density at radius 3 is 2.75 bits per heavy atom. The van der Waals surface area contributed by atoms with Gasteiger partial charge in [0.1, 0.15) is 0 Å². The van der Waals surface area contributed by atoms with Gasteiger partial charge in [0.2, 0.25) is 0 Å². The van der Waals surface area contributed by atoms with Crippen molar-refractivity contribution in [3.05, 3.63) is 66.5 Å². The average molecular weight is 262 g/mol. The maximum absolute atomic E-state index is 6.14. The van der Waals surface area contributed by atoms with E-state index in [-0.39, 0.29) is 6.04 Å². The highest BCUT2D eigenvalue weighted by Gasteiger charge is 2.07. The summed E-state index contributed by atoms with van der Waals surface area (Å²) in [5.41, 5.74) is 9.65. The fourth-order valence-electron chi connectivity index (χ4n) is 2.52. The summed E-state index contributed by atoms with van der Waals surface area (Å²) in [5, 5.41) is 2.39. The molecule has 2 nitrogen and oxygen atoms in total. The Hall–Kier alpha value is -2.19. The first kappa shape index (κ1) is 12.8. The van der Waals surface area contributed by atoms with Gasteiger partial charge in [-0.25, -0.2) is 0 Å². The van der Waals surface area contributed by atoms with Gasteiger partial charge in [0.25, 0.3) is 0 Å². The summed E-state index contributed by atoms with van der Waals surface area (Å²) in [5.74, 6) is 0. The average Bonchev–Trinajstić information content (AvgIpc) is 2.53. The Morgan fingerprint density at radius 2 is 1.90 bits per heavy atom. The van der Waals surface area contributed by atoms with Crippen LogP contribution in [0.3, 0.4) is 0 Å². The number of fused-ring (bicyclic) bond motifs is 1. The smallest absolute Gasteiger partial charge is 0.0352 e. The molecule has 2 N–H and O–H groups in total. The zero-order valence-electron chi connectivity index (χ0n) is 11.6. The number of hydrogen-bond donors (Lipinski definition) is 1. The van der Waals surface area contributed by atoms with Crippen molar-refractivity contribution in [3.63, 3.8) is 0 Å². The first-order valence-corrected chi connectivity index (χ1v) is 6.98. The number of benzene rings is 2. The van der Waals surface area contributed by atoms with E-state index < -0.39 is 0 Å². The summed E-state index contributed by atoms with van der Waals surface area (Å²) in [4.78, 5) is 4.35. The number of hydrogen-bond acceptors (Lipinski definition) is 2. The molecule has 0 bridgehead atoms. The number of rotatable bonds is 3. The topological polar surface area (TPSA) is 38.9 Å². The van der Waals surface area contributed by atoms with E-state index in [9.17, 15) is 0 Å². The summed E-state index contributed by atoms with van der Waals surface area (Å²) in [6.45, 7) is 2.11. The van der Waals surface area contributed by atoms with Gasteiger partial charge in [-0.15, -0.1) is 0 Å². The Kier molecular flexibility index (Phi) is 3.48. The summed E-state index contributed by atoms with van der Waals surface area (Å²) in [6, 6.07) is 16.9. The molecule has 1 aromatic heterocycles. The van der Waals surface area contributed by atoms with Crippen LogP contribution >= 0.6 is 0 Å². The molecule has 0 radical (unpaired) electrons. The molecule has 100 valence electrons. The molecule has 2 heteroatoms. The zero-order valence-corrected chi connectivity index (χ0v) is 11.6. The van der Waals surface area contributed by atoms with E-state index in [4.69, 9.17) is 5.73 Å². The molecular weight excluding hydrogens is 244 g/mol. The number of pyridine rings is 1. The second-order valence-corrected chi connectivity index (χ2v) is 5.05. The first-order chi connectivity index (χ1) is 9.79. The molecule has 1 heterocycles. The predicted octanol–water partition coefficient (Wildman–Crippen LogP) is 4.31. The molecule has 20 heavy (non-hydrogen) atoms. The molecule has 0 fully saturated rings. The highest BCUT2D eigenvalue weighted by molar-refractivity contribution is 5.95. The van der Waals surface area contributed by atoms with Crippen molar-refractivity contribution >= 4 is 10.8 Å². The van der Waals surface area contributed by atoms with Gasteiger partial charge in [0, 0.05) is 29.4 Å². The van der Waals surface area contributed by atoms with Crippen LogP contribution in [0.2, 0.25) is 0 Å². The van der Waals surface area contributed by atoms with E-state index in [2.05, 4.69) is 54.4 Å². The lowest BCUT2D eigenvalue weighted by atomic mass is 9.97. The van der Waals surface area contributed by atoms with Crippen LogP contribution in [0.5, 0.6) is 0 Å². The van der Waals surface area contributed by atoms with Crippen LogP contribution in [0.15, 0.2) is 60.9 Å². The second-order valence-electron chi connectivity index (χ2n) is 5.05. The fraction of sp³-hybridized carbons (Fsp3) is 0.167. The molecule has 0 aliphatic carbocycles. The Bertz CT molecular complexity index is 729. The minimum absolute atomic E-state index is 0.0953. The normalized spacial score (nSPS) is 12.5. The van der Waals surface area contributed by atoms with Gasteiger partial charge in [0.05, 0.1) is 0 Å². The Labute approximate surface area is 119 Å². The molecule has 0 saturated heterocycles. The summed E-state index contributed by atoms with van der Waals surface area (Å²) in [7, 11) is 0. The minimum atomic E-state index is 0.0953. The summed E-state index contributed by atoms with van der Waals surface area (Å²) >= 11 is 0. The lowest BCUT2D eigenvalue weighted by Gasteiger charge is -2.12. The van der Waals surface area contributed by atoms with E-state index >= 15 is 0 Å². The third-order valence-corrected chi connectivity index (χ3v) is 3.73. The first-order valence-electron chi connectivity index (χ1n) is 6.98. The van der Waals surface area contributed by atoms with Gasteiger partial charge in [-0.05, 0) is 29.0 Å². The van der Waals surface area contributed by atoms with Crippen LogP contribution in [0.4, 0.5) is 0 Å². The highest BCUT2D eigenvalue weighted by Crippen LogP contribution is 2.29. The molecule has 1 atom stereocenters. The molecule has 0 saturated carbocycles. The van der Waals surface area contributed by atoms with Crippen LogP contribution in [0.1, 0.15) is 24.9 Å². The van der Waals surface area contributed by atoms with E-state index in [0.717, 1.165) is 17.4 Å². The lowest BCUT2D eigenvalue weighted by molar-refractivity contribution is 0.699. The third-order valence-electron chi connectivity index (χ3n) is 3.73. The molecule has 0 aliphatic heterocycles. The molecule has 0 aliphatic rings. The molecule has 3 aromatic rings. The number of nitrogens with zero attached hydrogens (tertiary/aromatic N) is 1. The lowest BCUT2D eigenvalue weighted by Crippen LogP contribution is -2.08. The third kappa shape index (κ3) is 2.30.